The van der Waals surface area contributed by atoms with Gasteiger partial charge in [0.2, 0.25) is 5.95 Å². The minimum atomic E-state index is -1.03. The van der Waals surface area contributed by atoms with Crippen LogP contribution in [0.15, 0.2) is 36.9 Å². The minimum absolute atomic E-state index is 0.0901. The number of hydrogen-bond donors (Lipinski definition) is 3. The number of benzene rings is 1. The van der Waals surface area contributed by atoms with Crippen molar-refractivity contribution in [2.75, 3.05) is 24.3 Å². The highest BCUT2D eigenvalue weighted by molar-refractivity contribution is 6.35. The van der Waals surface area contributed by atoms with Crippen molar-refractivity contribution in [1.29, 1.82) is 10.7 Å². The van der Waals surface area contributed by atoms with E-state index >= 15 is 0 Å². The maximum Gasteiger partial charge on any atom is 0.225 e. The van der Waals surface area contributed by atoms with Crippen LogP contribution in [-0.4, -0.2) is 40.4 Å². The second-order valence-electron chi connectivity index (χ2n) is 7.79. The minimum Gasteiger partial charge on any atom is -0.493 e. The molecule has 1 aliphatic heterocycles. The van der Waals surface area contributed by atoms with Gasteiger partial charge in [-0.2, -0.15) is 5.26 Å². The molecule has 4 rings (SSSR count). The summed E-state index contributed by atoms with van der Waals surface area (Å²) < 4.78 is 11.3. The number of hydrogen-bond acceptors (Lipinski definition) is 10. The second kappa shape index (κ2) is 10.3. The van der Waals surface area contributed by atoms with Crippen LogP contribution in [0.25, 0.3) is 0 Å². The molecule has 0 bridgehead atoms. The Morgan fingerprint density at radius 2 is 1.91 bits per heavy atom. The molecule has 3 heterocycles. The lowest BCUT2D eigenvalue weighted by atomic mass is 10.0. The number of nitrogens with zero attached hydrogens (tertiary/aromatic N) is 5. The first-order valence-corrected chi connectivity index (χ1v) is 11.3. The number of ether oxygens (including phenoxy) is 2. The van der Waals surface area contributed by atoms with E-state index in [4.69, 9.17) is 54.8 Å². The van der Waals surface area contributed by atoms with Crippen LogP contribution in [0.4, 0.5) is 11.6 Å². The third-order valence-electron chi connectivity index (χ3n) is 5.69. The summed E-state index contributed by atoms with van der Waals surface area (Å²) in [6.07, 6.45) is 6.26. The molecule has 1 fully saturated rings. The number of aromatic nitrogens is 3. The topological polar surface area (TPSA) is 160 Å². The number of rotatable bonds is 8. The number of nitrogens with two attached hydrogens (primary N) is 2. The Bertz CT molecular complexity index is 1280. The fraction of sp³-hybridized carbons (Fsp3) is 0.261. The Balaban J connectivity index is 1.60. The molecule has 3 aromatic rings. The fourth-order valence-electron chi connectivity index (χ4n) is 3.71. The summed E-state index contributed by atoms with van der Waals surface area (Å²) in [6.45, 7) is 0.793. The predicted octanol–water partition coefficient (Wildman–Crippen LogP) is 3.71. The molecule has 2 aromatic heterocycles. The molecule has 1 saturated heterocycles. The Morgan fingerprint density at radius 3 is 2.49 bits per heavy atom. The first kappa shape index (κ1) is 24.5. The van der Waals surface area contributed by atoms with Gasteiger partial charge < -0.3 is 20.1 Å². The number of anilines is 2. The van der Waals surface area contributed by atoms with Crippen molar-refractivity contribution < 1.29 is 9.47 Å². The molecule has 1 aliphatic rings. The zero-order valence-corrected chi connectivity index (χ0v) is 20.2. The van der Waals surface area contributed by atoms with Crippen molar-refractivity contribution in [3.8, 4) is 17.6 Å². The number of pyridine rings is 1. The Labute approximate surface area is 211 Å². The first-order chi connectivity index (χ1) is 16.8. The quantitative estimate of drug-likeness (QED) is 0.232. The zero-order valence-electron chi connectivity index (χ0n) is 18.7. The van der Waals surface area contributed by atoms with E-state index < -0.39 is 6.23 Å². The number of methoxy groups -OCH3 is 1. The molecule has 0 amide bonds. The average Bonchev–Trinajstić information content (AvgIpc) is 2.82. The molecule has 0 spiro atoms. The molecule has 5 N–H and O–H groups in total. The summed E-state index contributed by atoms with van der Waals surface area (Å²) in [5.74, 6) is 1.09. The van der Waals surface area contributed by atoms with Crippen molar-refractivity contribution in [1.82, 2.24) is 15.0 Å². The SMILES string of the molecule is COc1cc(N)c(C(=N)c2cnc(N3CC[C@@H]3CC#N)nc2)cc1O[C@H](N)c1c(Cl)cncc1Cl. The van der Waals surface area contributed by atoms with Crippen LogP contribution in [0.5, 0.6) is 11.5 Å². The Kier molecular flexibility index (Phi) is 7.21. The third-order valence-corrected chi connectivity index (χ3v) is 6.29. The maximum atomic E-state index is 8.94. The second-order valence-corrected chi connectivity index (χ2v) is 8.60. The largest absolute Gasteiger partial charge is 0.493 e. The van der Waals surface area contributed by atoms with Gasteiger partial charge in [0, 0.05) is 65.8 Å². The van der Waals surface area contributed by atoms with Crippen molar-refractivity contribution >= 4 is 40.5 Å². The summed E-state index contributed by atoms with van der Waals surface area (Å²) in [6, 6.07) is 5.40. The molecule has 10 nitrogen and oxygen atoms in total. The van der Waals surface area contributed by atoms with Crippen LogP contribution in [0, 0.1) is 16.7 Å². The van der Waals surface area contributed by atoms with E-state index in [1.807, 2.05) is 4.90 Å². The molecule has 0 aliphatic carbocycles. The van der Waals surface area contributed by atoms with Crippen LogP contribution in [0.3, 0.4) is 0 Å². The van der Waals surface area contributed by atoms with E-state index in [1.165, 1.54) is 19.5 Å². The maximum absolute atomic E-state index is 8.94. The van der Waals surface area contributed by atoms with Crippen LogP contribution in [0.1, 0.15) is 35.8 Å². The highest BCUT2D eigenvalue weighted by Crippen LogP contribution is 2.37. The predicted molar refractivity (Wildman–Crippen MR) is 133 cm³/mol. The van der Waals surface area contributed by atoms with Gasteiger partial charge in [0.1, 0.15) is 0 Å². The van der Waals surface area contributed by atoms with E-state index in [2.05, 4.69) is 21.0 Å². The van der Waals surface area contributed by atoms with Crippen LogP contribution in [0.2, 0.25) is 10.0 Å². The van der Waals surface area contributed by atoms with Crippen LogP contribution >= 0.6 is 23.2 Å². The van der Waals surface area contributed by atoms with Gasteiger partial charge in [-0.05, 0) is 12.5 Å². The van der Waals surface area contributed by atoms with Gasteiger partial charge >= 0.3 is 0 Å². The van der Waals surface area contributed by atoms with Gasteiger partial charge in [-0.25, -0.2) is 9.97 Å². The van der Waals surface area contributed by atoms with Gasteiger partial charge in [-0.3, -0.25) is 16.1 Å². The van der Waals surface area contributed by atoms with Crippen molar-refractivity contribution in [2.24, 2.45) is 5.73 Å². The molecule has 0 radical (unpaired) electrons. The number of halogens is 2. The number of nitriles is 1. The molecular formula is C23H22Cl2N8O2. The normalized spacial score (nSPS) is 15.6. The van der Waals surface area contributed by atoms with Crippen molar-refractivity contribution in [2.45, 2.75) is 25.1 Å². The zero-order chi connectivity index (χ0) is 25.1. The van der Waals surface area contributed by atoms with Crippen LogP contribution < -0.4 is 25.8 Å². The molecule has 1 aromatic carbocycles. The first-order valence-electron chi connectivity index (χ1n) is 10.6. The summed E-state index contributed by atoms with van der Waals surface area (Å²) in [4.78, 5) is 14.7. The molecular weight excluding hydrogens is 491 g/mol. The molecule has 180 valence electrons. The smallest absolute Gasteiger partial charge is 0.225 e. The highest BCUT2D eigenvalue weighted by atomic mass is 35.5. The van der Waals surface area contributed by atoms with Crippen molar-refractivity contribution in [3.05, 3.63) is 63.7 Å². The molecule has 35 heavy (non-hydrogen) atoms. The summed E-state index contributed by atoms with van der Waals surface area (Å²) in [7, 11) is 1.46. The van der Waals surface area contributed by atoms with Crippen molar-refractivity contribution in [3.63, 3.8) is 0 Å². The molecule has 12 heteroatoms. The average molecular weight is 513 g/mol. The number of nitrogen functional groups attached to an aromatic ring is 1. The standard InChI is InChI=1S/C23H22Cl2N8O2/c1-34-18-7-17(27)14(6-19(18)35-22(29)20-15(24)10-30-11-16(20)25)21(28)12-8-31-23(32-9-12)33-5-3-13(33)2-4-26/h6-11,13,22,28H,2-3,5,27,29H2,1H3/t13-,22-/m0/s1. The lowest BCUT2D eigenvalue weighted by molar-refractivity contribution is 0.204. The van der Waals surface area contributed by atoms with E-state index in [0.717, 1.165) is 13.0 Å². The van der Waals surface area contributed by atoms with Gasteiger partial charge in [-0.15, -0.1) is 0 Å². The Morgan fingerprint density at radius 1 is 1.23 bits per heavy atom. The lowest BCUT2D eigenvalue weighted by Gasteiger charge is -2.39. The summed E-state index contributed by atoms with van der Waals surface area (Å²) in [5.41, 5.74) is 14.0. The van der Waals surface area contributed by atoms with Gasteiger partial charge in [0.25, 0.3) is 0 Å². The van der Waals surface area contributed by atoms with Crippen LogP contribution in [-0.2, 0) is 0 Å². The molecule has 0 unspecified atom stereocenters. The Hall–Kier alpha value is -3.65. The van der Waals surface area contributed by atoms with E-state index in [0.29, 0.717) is 40.5 Å². The third kappa shape index (κ3) is 4.93. The summed E-state index contributed by atoms with van der Waals surface area (Å²) in [5, 5.41) is 18.1. The fourth-order valence-corrected chi connectivity index (χ4v) is 4.29. The number of nitrogens with one attached hydrogen (secondary N) is 1. The van der Waals surface area contributed by atoms with Gasteiger partial charge in [0.05, 0.1) is 35.4 Å². The monoisotopic (exact) mass is 512 g/mol. The lowest BCUT2D eigenvalue weighted by Crippen LogP contribution is -2.48. The van der Waals surface area contributed by atoms with E-state index in [-0.39, 0.29) is 27.5 Å². The molecule has 2 atom stereocenters. The highest BCUT2D eigenvalue weighted by Gasteiger charge is 2.30. The summed E-state index contributed by atoms with van der Waals surface area (Å²) >= 11 is 12.4. The van der Waals surface area contributed by atoms with E-state index in [1.54, 1.807) is 24.5 Å². The van der Waals surface area contributed by atoms with E-state index in [9.17, 15) is 0 Å². The van der Waals surface area contributed by atoms with Gasteiger partial charge in [-0.1, -0.05) is 23.2 Å². The van der Waals surface area contributed by atoms with Gasteiger partial charge in [0.15, 0.2) is 17.7 Å². The molecule has 0 saturated carbocycles.